The number of rotatable bonds is 5. The second-order valence-electron chi connectivity index (χ2n) is 5.01. The zero-order valence-electron chi connectivity index (χ0n) is 10.6. The van der Waals surface area contributed by atoms with E-state index in [0.717, 1.165) is 18.6 Å². The number of nitrogens with one attached hydrogen (secondary N) is 1. The number of carbonyl (C=O) groups excluding carboxylic acids is 1. The third-order valence-electron chi connectivity index (χ3n) is 2.73. The van der Waals surface area contributed by atoms with E-state index >= 15 is 0 Å². The minimum Gasteiger partial charge on any atom is -0.352 e. The summed E-state index contributed by atoms with van der Waals surface area (Å²) in [7, 11) is 0. The Bertz CT molecular complexity index is 433. The molecule has 3 nitrogen and oxygen atoms in total. The lowest BCUT2D eigenvalue weighted by Gasteiger charge is -2.24. The molecule has 0 spiro atoms. The molecule has 100 valence electrons. The standard InChI is InChI=1S/C13H18F2N2O/c1-13(2,5-6-16)8-17-12(18)9-3-4-10(14)11(15)7-9/h3-4,7H,5-6,8,16H2,1-2H3,(H,17,18). The van der Waals surface area contributed by atoms with Crippen LogP contribution in [0, 0.1) is 17.0 Å². The first-order chi connectivity index (χ1) is 8.35. The zero-order valence-corrected chi connectivity index (χ0v) is 10.6. The number of nitrogens with two attached hydrogens (primary N) is 1. The van der Waals surface area contributed by atoms with Crippen LogP contribution in [0.2, 0.25) is 0 Å². The van der Waals surface area contributed by atoms with Gasteiger partial charge in [-0.15, -0.1) is 0 Å². The van der Waals surface area contributed by atoms with E-state index in [1.54, 1.807) is 0 Å². The molecule has 0 saturated heterocycles. The predicted molar refractivity (Wildman–Crippen MR) is 66.1 cm³/mol. The van der Waals surface area contributed by atoms with Gasteiger partial charge in [0.15, 0.2) is 11.6 Å². The van der Waals surface area contributed by atoms with Gasteiger partial charge in [0.05, 0.1) is 0 Å². The summed E-state index contributed by atoms with van der Waals surface area (Å²) in [6, 6.07) is 3.08. The molecule has 0 aliphatic carbocycles. The molecule has 1 aromatic carbocycles. The van der Waals surface area contributed by atoms with E-state index in [4.69, 9.17) is 5.73 Å². The van der Waals surface area contributed by atoms with Crippen molar-refractivity contribution >= 4 is 5.91 Å². The number of hydrogen-bond donors (Lipinski definition) is 2. The van der Waals surface area contributed by atoms with Gasteiger partial charge in [-0.25, -0.2) is 8.78 Å². The van der Waals surface area contributed by atoms with Gasteiger partial charge in [-0.2, -0.15) is 0 Å². The van der Waals surface area contributed by atoms with Gasteiger partial charge in [0.25, 0.3) is 5.91 Å². The summed E-state index contributed by atoms with van der Waals surface area (Å²) >= 11 is 0. The van der Waals surface area contributed by atoms with Crippen LogP contribution in [0.4, 0.5) is 8.78 Å². The Balaban J connectivity index is 2.63. The fraction of sp³-hybridized carbons (Fsp3) is 0.462. The molecule has 5 heteroatoms. The second-order valence-corrected chi connectivity index (χ2v) is 5.01. The van der Waals surface area contributed by atoms with Crippen molar-refractivity contribution in [3.8, 4) is 0 Å². The van der Waals surface area contributed by atoms with E-state index in [2.05, 4.69) is 5.32 Å². The number of amides is 1. The van der Waals surface area contributed by atoms with Crippen LogP contribution in [0.3, 0.4) is 0 Å². The van der Waals surface area contributed by atoms with Crippen molar-refractivity contribution in [2.75, 3.05) is 13.1 Å². The molecule has 0 aromatic heterocycles. The Morgan fingerprint density at radius 2 is 2.00 bits per heavy atom. The summed E-state index contributed by atoms with van der Waals surface area (Å²) in [4.78, 5) is 11.7. The summed E-state index contributed by atoms with van der Waals surface area (Å²) < 4.78 is 25.7. The minimum absolute atomic E-state index is 0.109. The highest BCUT2D eigenvalue weighted by atomic mass is 19.2. The van der Waals surface area contributed by atoms with E-state index in [-0.39, 0.29) is 11.0 Å². The Morgan fingerprint density at radius 3 is 2.56 bits per heavy atom. The molecule has 0 unspecified atom stereocenters. The van der Waals surface area contributed by atoms with E-state index in [9.17, 15) is 13.6 Å². The zero-order chi connectivity index (χ0) is 13.8. The SMILES string of the molecule is CC(C)(CCN)CNC(=O)c1ccc(F)c(F)c1. The lowest BCUT2D eigenvalue weighted by Crippen LogP contribution is -2.35. The quantitative estimate of drug-likeness (QED) is 0.847. The highest BCUT2D eigenvalue weighted by Crippen LogP contribution is 2.18. The first-order valence-corrected chi connectivity index (χ1v) is 5.79. The van der Waals surface area contributed by atoms with Crippen LogP contribution in [-0.2, 0) is 0 Å². The Morgan fingerprint density at radius 1 is 1.33 bits per heavy atom. The molecule has 0 radical (unpaired) electrons. The van der Waals surface area contributed by atoms with Gasteiger partial charge in [-0.1, -0.05) is 13.8 Å². The van der Waals surface area contributed by atoms with E-state index in [1.165, 1.54) is 6.07 Å². The minimum atomic E-state index is -1.02. The third-order valence-corrected chi connectivity index (χ3v) is 2.73. The van der Waals surface area contributed by atoms with Gasteiger partial charge in [-0.3, -0.25) is 4.79 Å². The topological polar surface area (TPSA) is 55.1 Å². The lowest BCUT2D eigenvalue weighted by molar-refractivity contribution is 0.0934. The average Bonchev–Trinajstić information content (AvgIpc) is 2.30. The predicted octanol–water partition coefficient (Wildman–Crippen LogP) is 2.07. The monoisotopic (exact) mass is 256 g/mol. The molecule has 0 atom stereocenters. The van der Waals surface area contributed by atoms with Crippen molar-refractivity contribution in [3.63, 3.8) is 0 Å². The van der Waals surface area contributed by atoms with Crippen LogP contribution in [0.5, 0.6) is 0 Å². The van der Waals surface area contributed by atoms with Crippen LogP contribution in [0.25, 0.3) is 0 Å². The summed E-state index contributed by atoms with van der Waals surface area (Å²) in [6.45, 7) is 4.92. The molecule has 0 aliphatic heterocycles. The van der Waals surface area contributed by atoms with Crippen molar-refractivity contribution in [2.24, 2.45) is 11.1 Å². The lowest BCUT2D eigenvalue weighted by atomic mass is 9.89. The van der Waals surface area contributed by atoms with E-state index < -0.39 is 17.5 Å². The van der Waals surface area contributed by atoms with Gasteiger partial charge >= 0.3 is 0 Å². The van der Waals surface area contributed by atoms with Crippen LogP contribution in [-0.4, -0.2) is 19.0 Å². The number of carbonyl (C=O) groups is 1. The fourth-order valence-corrected chi connectivity index (χ4v) is 1.54. The van der Waals surface area contributed by atoms with Crippen LogP contribution in [0.1, 0.15) is 30.6 Å². The first kappa shape index (κ1) is 14.6. The normalized spacial score (nSPS) is 11.4. The molecule has 0 fully saturated rings. The van der Waals surface area contributed by atoms with Gasteiger partial charge in [-0.05, 0) is 36.6 Å². The van der Waals surface area contributed by atoms with Crippen molar-refractivity contribution in [2.45, 2.75) is 20.3 Å². The Hall–Kier alpha value is -1.49. The van der Waals surface area contributed by atoms with Crippen LogP contribution in [0.15, 0.2) is 18.2 Å². The molecule has 18 heavy (non-hydrogen) atoms. The molecule has 0 saturated carbocycles. The van der Waals surface area contributed by atoms with Crippen molar-refractivity contribution < 1.29 is 13.6 Å². The number of benzene rings is 1. The molecule has 0 aliphatic rings. The molecular weight excluding hydrogens is 238 g/mol. The molecule has 1 rings (SSSR count). The Labute approximate surface area is 105 Å². The number of halogens is 2. The van der Waals surface area contributed by atoms with Crippen LogP contribution < -0.4 is 11.1 Å². The van der Waals surface area contributed by atoms with Crippen LogP contribution >= 0.6 is 0 Å². The highest BCUT2D eigenvalue weighted by molar-refractivity contribution is 5.94. The molecule has 0 heterocycles. The third kappa shape index (κ3) is 4.07. The second kappa shape index (κ2) is 5.91. The Kier molecular flexibility index (Phi) is 4.78. The summed E-state index contributed by atoms with van der Waals surface area (Å²) in [5.41, 5.74) is 5.45. The van der Waals surface area contributed by atoms with Crippen molar-refractivity contribution in [1.82, 2.24) is 5.32 Å². The maximum atomic E-state index is 13.0. The van der Waals surface area contributed by atoms with E-state index in [0.29, 0.717) is 13.1 Å². The van der Waals surface area contributed by atoms with Crippen molar-refractivity contribution in [1.29, 1.82) is 0 Å². The summed E-state index contributed by atoms with van der Waals surface area (Å²) in [5.74, 6) is -2.40. The van der Waals surface area contributed by atoms with Gasteiger partial charge < -0.3 is 11.1 Å². The maximum Gasteiger partial charge on any atom is 0.251 e. The molecule has 1 amide bonds. The fourth-order valence-electron chi connectivity index (χ4n) is 1.54. The number of hydrogen-bond acceptors (Lipinski definition) is 2. The smallest absolute Gasteiger partial charge is 0.251 e. The maximum absolute atomic E-state index is 13.0. The average molecular weight is 256 g/mol. The first-order valence-electron chi connectivity index (χ1n) is 5.79. The van der Waals surface area contributed by atoms with Gasteiger partial charge in [0.1, 0.15) is 0 Å². The van der Waals surface area contributed by atoms with Crippen molar-refractivity contribution in [3.05, 3.63) is 35.4 Å². The molecule has 0 bridgehead atoms. The largest absolute Gasteiger partial charge is 0.352 e. The summed E-state index contributed by atoms with van der Waals surface area (Å²) in [6.07, 6.45) is 0.769. The van der Waals surface area contributed by atoms with Gasteiger partial charge in [0, 0.05) is 12.1 Å². The van der Waals surface area contributed by atoms with Gasteiger partial charge in [0.2, 0.25) is 0 Å². The summed E-state index contributed by atoms with van der Waals surface area (Å²) in [5, 5.41) is 2.69. The molecule has 1 aromatic rings. The van der Waals surface area contributed by atoms with E-state index in [1.807, 2.05) is 13.8 Å². The molecular formula is C13H18F2N2O. The molecule has 3 N–H and O–H groups in total. The highest BCUT2D eigenvalue weighted by Gasteiger charge is 2.18.